The lowest BCUT2D eigenvalue weighted by atomic mass is 9.88. The summed E-state index contributed by atoms with van der Waals surface area (Å²) in [5, 5.41) is 14.3. The maximum absolute atomic E-state index is 10.4. The Labute approximate surface area is 101 Å². The molecule has 96 valence electrons. The molecule has 1 aromatic rings. The molecule has 0 bridgehead atoms. The van der Waals surface area contributed by atoms with E-state index in [0.717, 1.165) is 0 Å². The van der Waals surface area contributed by atoms with Gasteiger partial charge in [0.25, 0.3) is 0 Å². The van der Waals surface area contributed by atoms with Crippen molar-refractivity contribution < 1.29 is 14.4 Å². The monoisotopic (exact) mass is 240 g/mol. The Bertz CT molecular complexity index is 378. The quantitative estimate of drug-likeness (QED) is 0.870. The summed E-state index contributed by atoms with van der Waals surface area (Å²) in [5.41, 5.74) is -0.765. The van der Waals surface area contributed by atoms with E-state index in [1.165, 1.54) is 0 Å². The van der Waals surface area contributed by atoms with Crippen LogP contribution < -0.4 is 0 Å². The van der Waals surface area contributed by atoms with E-state index >= 15 is 0 Å². The van der Waals surface area contributed by atoms with E-state index in [9.17, 15) is 5.11 Å². The third kappa shape index (κ3) is 3.04. The summed E-state index contributed by atoms with van der Waals surface area (Å²) in [7, 11) is 0. The lowest BCUT2D eigenvalue weighted by Crippen LogP contribution is -2.41. The average molecular weight is 240 g/mol. The van der Waals surface area contributed by atoms with Gasteiger partial charge >= 0.3 is 0 Å². The van der Waals surface area contributed by atoms with Crippen LogP contribution in [0.3, 0.4) is 0 Å². The highest BCUT2D eigenvalue weighted by molar-refractivity contribution is 4.97. The van der Waals surface area contributed by atoms with Gasteiger partial charge in [0.15, 0.2) is 5.82 Å². The van der Waals surface area contributed by atoms with Crippen LogP contribution in [0.1, 0.15) is 51.2 Å². The van der Waals surface area contributed by atoms with Crippen LogP contribution in [-0.4, -0.2) is 33.6 Å². The minimum atomic E-state index is -0.765. The number of aliphatic hydroxyl groups is 1. The molecule has 0 amide bonds. The second-order valence-electron chi connectivity index (χ2n) is 5.24. The normalized spacial score (nSPS) is 29.8. The van der Waals surface area contributed by atoms with Gasteiger partial charge in [-0.05, 0) is 6.92 Å². The Hall–Kier alpha value is -0.940. The maximum atomic E-state index is 10.4. The molecule has 0 unspecified atom stereocenters. The summed E-state index contributed by atoms with van der Waals surface area (Å²) in [6.07, 6.45) is 1.74. The van der Waals surface area contributed by atoms with Gasteiger partial charge in [0.2, 0.25) is 5.89 Å². The molecule has 0 aromatic carbocycles. The molecule has 5 heteroatoms. The summed E-state index contributed by atoms with van der Waals surface area (Å²) in [6.45, 7) is 6.58. The highest BCUT2D eigenvalue weighted by Gasteiger charge is 2.35. The molecule has 0 spiro atoms. The molecule has 2 atom stereocenters. The van der Waals surface area contributed by atoms with E-state index in [1.54, 1.807) is 0 Å². The average Bonchev–Trinajstić information content (AvgIpc) is 2.64. The largest absolute Gasteiger partial charge is 0.389 e. The highest BCUT2D eigenvalue weighted by atomic mass is 16.5. The molecule has 1 aliphatic rings. The first kappa shape index (κ1) is 12.5. The summed E-state index contributed by atoms with van der Waals surface area (Å²) in [4.78, 5) is 4.30. The molecule has 1 saturated heterocycles. The Morgan fingerprint density at radius 1 is 1.53 bits per heavy atom. The Morgan fingerprint density at radius 3 is 2.88 bits per heavy atom. The predicted octanol–water partition coefficient (Wildman–Crippen LogP) is 1.67. The van der Waals surface area contributed by atoms with Gasteiger partial charge in [0.1, 0.15) is 0 Å². The van der Waals surface area contributed by atoms with E-state index in [0.29, 0.717) is 37.6 Å². The molecule has 1 N–H and O–H groups in total. The van der Waals surface area contributed by atoms with Crippen LogP contribution in [0, 0.1) is 0 Å². The number of hydrogen-bond donors (Lipinski definition) is 1. The minimum absolute atomic E-state index is 0.0845. The topological polar surface area (TPSA) is 68.4 Å². The third-order valence-corrected chi connectivity index (χ3v) is 3.12. The molecular formula is C12H20N2O3. The van der Waals surface area contributed by atoms with Crippen molar-refractivity contribution in [2.75, 3.05) is 6.61 Å². The SMILES string of the molecule is CC(C)c1noc(C[C@]2(O)CCO[C@@H](C)C2)n1. The van der Waals surface area contributed by atoms with Crippen LogP contribution in [-0.2, 0) is 11.2 Å². The van der Waals surface area contributed by atoms with Crippen molar-refractivity contribution in [3.05, 3.63) is 11.7 Å². The van der Waals surface area contributed by atoms with Crippen molar-refractivity contribution in [2.45, 2.75) is 57.7 Å². The van der Waals surface area contributed by atoms with Gasteiger partial charge in [-0.25, -0.2) is 0 Å². The van der Waals surface area contributed by atoms with Crippen LogP contribution in [0.4, 0.5) is 0 Å². The molecular weight excluding hydrogens is 220 g/mol. The molecule has 2 rings (SSSR count). The van der Waals surface area contributed by atoms with Crippen molar-refractivity contribution in [2.24, 2.45) is 0 Å². The fourth-order valence-corrected chi connectivity index (χ4v) is 2.16. The molecule has 0 aliphatic carbocycles. The number of ether oxygens (including phenoxy) is 1. The van der Waals surface area contributed by atoms with Gasteiger partial charge in [-0.1, -0.05) is 19.0 Å². The van der Waals surface area contributed by atoms with Gasteiger partial charge in [-0.2, -0.15) is 4.98 Å². The van der Waals surface area contributed by atoms with Crippen molar-refractivity contribution in [3.8, 4) is 0 Å². The number of rotatable bonds is 3. The Balaban J connectivity index is 2.03. The molecule has 0 radical (unpaired) electrons. The number of hydrogen-bond acceptors (Lipinski definition) is 5. The summed E-state index contributed by atoms with van der Waals surface area (Å²) >= 11 is 0. The van der Waals surface area contributed by atoms with E-state index in [1.807, 2.05) is 20.8 Å². The third-order valence-electron chi connectivity index (χ3n) is 3.12. The zero-order chi connectivity index (χ0) is 12.5. The van der Waals surface area contributed by atoms with Gasteiger partial charge in [0.05, 0.1) is 18.1 Å². The first-order valence-electron chi connectivity index (χ1n) is 6.15. The molecule has 0 saturated carbocycles. The van der Waals surface area contributed by atoms with Gasteiger partial charge in [-0.3, -0.25) is 0 Å². The molecule has 1 aliphatic heterocycles. The summed E-state index contributed by atoms with van der Waals surface area (Å²) in [5.74, 6) is 1.46. The first-order chi connectivity index (χ1) is 7.98. The molecule has 17 heavy (non-hydrogen) atoms. The van der Waals surface area contributed by atoms with Crippen LogP contribution >= 0.6 is 0 Å². The van der Waals surface area contributed by atoms with Crippen molar-refractivity contribution in [1.29, 1.82) is 0 Å². The van der Waals surface area contributed by atoms with Crippen LogP contribution in [0.15, 0.2) is 4.52 Å². The maximum Gasteiger partial charge on any atom is 0.229 e. The standard InChI is InChI=1S/C12H20N2O3/c1-8(2)11-13-10(17-14-11)7-12(15)4-5-16-9(3)6-12/h8-9,15H,4-7H2,1-3H3/t9-,12-/m0/s1. The van der Waals surface area contributed by atoms with Crippen LogP contribution in [0.2, 0.25) is 0 Å². The zero-order valence-corrected chi connectivity index (χ0v) is 10.6. The highest BCUT2D eigenvalue weighted by Crippen LogP contribution is 2.28. The molecule has 1 aromatic heterocycles. The molecule has 2 heterocycles. The van der Waals surface area contributed by atoms with E-state index < -0.39 is 5.60 Å². The first-order valence-corrected chi connectivity index (χ1v) is 6.15. The fraction of sp³-hybridized carbons (Fsp3) is 0.833. The summed E-state index contributed by atoms with van der Waals surface area (Å²) in [6, 6.07) is 0. The van der Waals surface area contributed by atoms with Crippen LogP contribution in [0.25, 0.3) is 0 Å². The second kappa shape index (κ2) is 4.74. The Kier molecular flexibility index (Phi) is 3.49. The van der Waals surface area contributed by atoms with E-state index in [4.69, 9.17) is 9.26 Å². The van der Waals surface area contributed by atoms with Crippen molar-refractivity contribution >= 4 is 0 Å². The molecule has 5 nitrogen and oxygen atoms in total. The van der Waals surface area contributed by atoms with E-state index in [2.05, 4.69) is 10.1 Å². The van der Waals surface area contributed by atoms with Crippen molar-refractivity contribution in [1.82, 2.24) is 10.1 Å². The summed E-state index contributed by atoms with van der Waals surface area (Å²) < 4.78 is 10.6. The van der Waals surface area contributed by atoms with Gasteiger partial charge in [-0.15, -0.1) is 0 Å². The lowest BCUT2D eigenvalue weighted by molar-refractivity contribution is -0.0987. The number of nitrogens with zero attached hydrogens (tertiary/aromatic N) is 2. The zero-order valence-electron chi connectivity index (χ0n) is 10.6. The number of aromatic nitrogens is 2. The Morgan fingerprint density at radius 2 is 2.29 bits per heavy atom. The van der Waals surface area contributed by atoms with Crippen molar-refractivity contribution in [3.63, 3.8) is 0 Å². The van der Waals surface area contributed by atoms with Gasteiger partial charge in [0, 0.05) is 25.4 Å². The second-order valence-corrected chi connectivity index (χ2v) is 5.24. The molecule has 1 fully saturated rings. The fourth-order valence-electron chi connectivity index (χ4n) is 2.16. The smallest absolute Gasteiger partial charge is 0.229 e. The minimum Gasteiger partial charge on any atom is -0.389 e. The van der Waals surface area contributed by atoms with Crippen LogP contribution in [0.5, 0.6) is 0 Å². The van der Waals surface area contributed by atoms with E-state index in [-0.39, 0.29) is 12.0 Å². The van der Waals surface area contributed by atoms with Gasteiger partial charge < -0.3 is 14.4 Å². The predicted molar refractivity (Wildman–Crippen MR) is 61.7 cm³/mol. The lowest BCUT2D eigenvalue weighted by Gasteiger charge is -2.34.